The molecule has 6 N–H and O–H groups in total. The average molecular weight is 391 g/mol. The lowest BCUT2D eigenvalue weighted by atomic mass is 10.1. The van der Waals surface area contributed by atoms with Crippen molar-refractivity contribution in [2.45, 2.75) is 12.8 Å². The molecular formula is C19H17N7O3. The molecule has 10 heteroatoms. The standard InChI is InChI=1S/C19H17N7O3/c20-19(21)25-24-14-7-4-10-8-12(5-6-13(10)14)22-18(27)15-9-11-2-1-3-16(26(28)29)17(11)23-15/h1-3,5-6,8-9,23H,4,7H2,(H,22,27)(H4,20,21,25)/b24-14+. The topological polar surface area (TPSA) is 165 Å². The van der Waals surface area contributed by atoms with Crippen molar-refractivity contribution in [3.05, 3.63) is 69.4 Å². The molecule has 0 fully saturated rings. The molecule has 2 aromatic carbocycles. The Balaban J connectivity index is 1.58. The molecule has 0 radical (unpaired) electrons. The first-order valence-corrected chi connectivity index (χ1v) is 8.78. The number of amides is 1. The van der Waals surface area contributed by atoms with Crippen LogP contribution in [0.5, 0.6) is 0 Å². The Labute approximate surface area is 164 Å². The van der Waals surface area contributed by atoms with Gasteiger partial charge in [0.2, 0.25) is 5.96 Å². The monoisotopic (exact) mass is 391 g/mol. The van der Waals surface area contributed by atoms with Crippen LogP contribution in [-0.4, -0.2) is 27.5 Å². The number of carbonyl (C=O) groups is 1. The summed E-state index contributed by atoms with van der Waals surface area (Å²) in [5.74, 6) is -0.490. The zero-order valence-corrected chi connectivity index (χ0v) is 15.2. The molecule has 3 aromatic rings. The molecule has 1 heterocycles. The minimum absolute atomic E-state index is 0.0772. The molecule has 0 bridgehead atoms. The number of non-ortho nitro benzene ring substituents is 1. The van der Waals surface area contributed by atoms with Crippen molar-refractivity contribution in [3.63, 3.8) is 0 Å². The number of aromatic nitrogens is 1. The normalized spacial score (nSPS) is 14.0. The quantitative estimate of drug-likeness (QED) is 0.231. The summed E-state index contributed by atoms with van der Waals surface area (Å²) in [6.45, 7) is 0. The third kappa shape index (κ3) is 3.50. The highest BCUT2D eigenvalue weighted by Crippen LogP contribution is 2.28. The van der Waals surface area contributed by atoms with E-state index >= 15 is 0 Å². The second-order valence-electron chi connectivity index (χ2n) is 6.58. The molecule has 1 aliphatic rings. The first-order chi connectivity index (χ1) is 13.9. The van der Waals surface area contributed by atoms with E-state index in [2.05, 4.69) is 20.5 Å². The number of nitrogens with zero attached hydrogens (tertiary/aromatic N) is 3. The van der Waals surface area contributed by atoms with Crippen LogP contribution in [0.25, 0.3) is 10.9 Å². The molecule has 4 rings (SSSR count). The number of guanidine groups is 1. The van der Waals surface area contributed by atoms with E-state index in [0.29, 0.717) is 23.0 Å². The number of nitro groups is 1. The van der Waals surface area contributed by atoms with Gasteiger partial charge in [-0.1, -0.05) is 18.2 Å². The number of hydrogen-bond acceptors (Lipinski definition) is 5. The van der Waals surface area contributed by atoms with Crippen molar-refractivity contribution < 1.29 is 9.72 Å². The summed E-state index contributed by atoms with van der Waals surface area (Å²) in [4.78, 5) is 26.1. The van der Waals surface area contributed by atoms with Crippen molar-refractivity contribution in [3.8, 4) is 0 Å². The summed E-state index contributed by atoms with van der Waals surface area (Å²) < 4.78 is 0. The molecule has 0 unspecified atom stereocenters. The van der Waals surface area contributed by atoms with Gasteiger partial charge in [-0.2, -0.15) is 5.10 Å². The summed E-state index contributed by atoms with van der Waals surface area (Å²) in [6.07, 6.45) is 1.46. The van der Waals surface area contributed by atoms with Gasteiger partial charge in [0.05, 0.1) is 10.6 Å². The second kappa shape index (κ2) is 7.08. The SMILES string of the molecule is NC(N)=N/N=C1\CCc2cc(NC(=O)c3cc4cccc([N+](=O)[O-])c4[nH]3)ccc21. The molecule has 0 spiro atoms. The van der Waals surface area contributed by atoms with Crippen LogP contribution < -0.4 is 16.8 Å². The van der Waals surface area contributed by atoms with Gasteiger partial charge in [0.25, 0.3) is 11.6 Å². The number of hydrogen-bond donors (Lipinski definition) is 4. The number of H-pyrrole nitrogens is 1. The lowest BCUT2D eigenvalue weighted by Gasteiger charge is -2.06. The third-order valence-electron chi connectivity index (χ3n) is 4.67. The molecule has 1 amide bonds. The number of carbonyl (C=O) groups excluding carboxylic acids is 1. The van der Waals surface area contributed by atoms with Crippen LogP contribution in [0.1, 0.15) is 28.0 Å². The molecule has 1 aliphatic carbocycles. The van der Waals surface area contributed by atoms with Crippen LogP contribution in [0.3, 0.4) is 0 Å². The fourth-order valence-corrected chi connectivity index (χ4v) is 3.38. The number of para-hydroxylation sites is 1. The van der Waals surface area contributed by atoms with E-state index in [1.165, 1.54) is 6.07 Å². The fourth-order valence-electron chi connectivity index (χ4n) is 3.38. The minimum Gasteiger partial charge on any atom is -0.369 e. The zero-order chi connectivity index (χ0) is 20.5. The van der Waals surface area contributed by atoms with Crippen LogP contribution >= 0.6 is 0 Å². The molecule has 0 aliphatic heterocycles. The van der Waals surface area contributed by atoms with Gasteiger partial charge in [-0.05, 0) is 36.6 Å². The van der Waals surface area contributed by atoms with Crippen LogP contribution in [0, 0.1) is 10.1 Å². The lowest BCUT2D eigenvalue weighted by molar-refractivity contribution is -0.383. The number of anilines is 1. The summed E-state index contributed by atoms with van der Waals surface area (Å²) in [6, 6.07) is 11.8. The maximum absolute atomic E-state index is 12.6. The molecule has 0 saturated heterocycles. The van der Waals surface area contributed by atoms with E-state index in [4.69, 9.17) is 11.5 Å². The predicted molar refractivity (Wildman–Crippen MR) is 110 cm³/mol. The van der Waals surface area contributed by atoms with E-state index in [-0.39, 0.29) is 23.2 Å². The number of benzene rings is 2. The van der Waals surface area contributed by atoms with Crippen molar-refractivity contribution in [2.75, 3.05) is 5.32 Å². The Bertz CT molecular complexity index is 1210. The van der Waals surface area contributed by atoms with Crippen molar-refractivity contribution in [1.29, 1.82) is 0 Å². The average Bonchev–Trinajstić information content (AvgIpc) is 3.29. The van der Waals surface area contributed by atoms with Gasteiger partial charge in [0, 0.05) is 22.7 Å². The van der Waals surface area contributed by atoms with Crippen molar-refractivity contribution in [2.24, 2.45) is 21.7 Å². The number of aromatic amines is 1. The number of fused-ring (bicyclic) bond motifs is 2. The summed E-state index contributed by atoms with van der Waals surface area (Å²) in [7, 11) is 0. The van der Waals surface area contributed by atoms with Crippen molar-refractivity contribution >= 4 is 39.9 Å². The van der Waals surface area contributed by atoms with Gasteiger partial charge in [-0.15, -0.1) is 5.10 Å². The molecule has 0 atom stereocenters. The van der Waals surface area contributed by atoms with E-state index in [1.807, 2.05) is 12.1 Å². The van der Waals surface area contributed by atoms with Crippen LogP contribution in [0.4, 0.5) is 11.4 Å². The van der Waals surface area contributed by atoms with E-state index in [0.717, 1.165) is 23.3 Å². The maximum Gasteiger partial charge on any atom is 0.293 e. The largest absolute Gasteiger partial charge is 0.369 e. The summed E-state index contributed by atoms with van der Waals surface area (Å²) in [5.41, 5.74) is 14.5. The highest BCUT2D eigenvalue weighted by atomic mass is 16.6. The van der Waals surface area contributed by atoms with E-state index < -0.39 is 4.92 Å². The first kappa shape index (κ1) is 18.2. The van der Waals surface area contributed by atoms with Crippen LogP contribution in [0.2, 0.25) is 0 Å². The molecule has 10 nitrogen and oxygen atoms in total. The van der Waals surface area contributed by atoms with E-state index in [9.17, 15) is 14.9 Å². The minimum atomic E-state index is -0.484. The van der Waals surface area contributed by atoms with Crippen LogP contribution in [0.15, 0.2) is 52.7 Å². The summed E-state index contributed by atoms with van der Waals surface area (Å²) in [5, 5.41) is 22.3. The maximum atomic E-state index is 12.6. The smallest absolute Gasteiger partial charge is 0.293 e. The van der Waals surface area contributed by atoms with Crippen LogP contribution in [-0.2, 0) is 6.42 Å². The Kier molecular flexibility index (Phi) is 4.43. The fraction of sp³-hybridized carbons (Fsp3) is 0.105. The predicted octanol–water partition coefficient (Wildman–Crippen LogP) is 2.25. The van der Waals surface area contributed by atoms with Gasteiger partial charge < -0.3 is 21.8 Å². The Morgan fingerprint density at radius 3 is 2.76 bits per heavy atom. The van der Waals surface area contributed by atoms with E-state index in [1.54, 1.807) is 24.3 Å². The molecular weight excluding hydrogens is 374 g/mol. The molecule has 1 aromatic heterocycles. The Morgan fingerprint density at radius 1 is 1.17 bits per heavy atom. The number of rotatable bonds is 4. The number of nitrogens with one attached hydrogen (secondary N) is 2. The zero-order valence-electron chi connectivity index (χ0n) is 15.2. The first-order valence-electron chi connectivity index (χ1n) is 8.78. The number of nitro benzene ring substituents is 1. The molecule has 0 saturated carbocycles. The second-order valence-corrected chi connectivity index (χ2v) is 6.58. The Morgan fingerprint density at radius 2 is 2.00 bits per heavy atom. The highest BCUT2D eigenvalue weighted by Gasteiger charge is 2.20. The lowest BCUT2D eigenvalue weighted by Crippen LogP contribution is -2.22. The number of aryl methyl sites for hydroxylation is 1. The summed E-state index contributed by atoms with van der Waals surface area (Å²) >= 11 is 0. The van der Waals surface area contributed by atoms with Crippen molar-refractivity contribution in [1.82, 2.24) is 4.98 Å². The highest BCUT2D eigenvalue weighted by molar-refractivity contribution is 6.08. The third-order valence-corrected chi connectivity index (χ3v) is 4.67. The van der Waals surface area contributed by atoms with Gasteiger partial charge in [0.1, 0.15) is 11.2 Å². The molecule has 29 heavy (non-hydrogen) atoms. The van der Waals surface area contributed by atoms with Gasteiger partial charge in [-0.3, -0.25) is 14.9 Å². The van der Waals surface area contributed by atoms with Gasteiger partial charge >= 0.3 is 0 Å². The number of nitrogens with two attached hydrogens (primary N) is 2. The Hall–Kier alpha value is -4.21. The van der Waals surface area contributed by atoms with Gasteiger partial charge in [0.15, 0.2) is 0 Å². The molecule has 146 valence electrons. The van der Waals surface area contributed by atoms with Gasteiger partial charge in [-0.25, -0.2) is 0 Å².